The van der Waals surface area contributed by atoms with Crippen molar-refractivity contribution in [2.45, 2.75) is 18.9 Å². The van der Waals surface area contributed by atoms with E-state index in [0.717, 1.165) is 9.90 Å². The summed E-state index contributed by atoms with van der Waals surface area (Å²) in [6.45, 7) is 3.83. The number of hydrogen-bond donors (Lipinski definition) is 1. The summed E-state index contributed by atoms with van der Waals surface area (Å²) in [5, 5.41) is 8.39. The number of fused-ring (bicyclic) bond motifs is 1. The maximum atomic E-state index is 13.0. The molecule has 0 fully saturated rings. The fourth-order valence-corrected chi connectivity index (χ4v) is 3.94. The molecule has 1 amide bonds. The molecule has 0 unspecified atom stereocenters. The number of aromatic nitrogens is 3. The SMILES string of the molecule is CSc1ccc(NC(=O)c2cc(-c3ccc(C)s3)nc3onc(C)c23)cn1. The van der Waals surface area contributed by atoms with E-state index in [9.17, 15) is 4.79 Å². The van der Waals surface area contributed by atoms with Gasteiger partial charge in [-0.3, -0.25) is 4.79 Å². The summed E-state index contributed by atoms with van der Waals surface area (Å²) in [6.07, 6.45) is 3.60. The first kappa shape index (κ1) is 17.7. The zero-order valence-electron chi connectivity index (χ0n) is 14.9. The lowest BCUT2D eigenvalue weighted by molar-refractivity contribution is 0.102. The molecule has 0 atom stereocenters. The summed E-state index contributed by atoms with van der Waals surface area (Å²) in [7, 11) is 0. The standard InChI is InChI=1S/C19H16N4O2S2/c1-10-4-6-15(27-10)14-8-13(17-11(2)23-25-19(17)22-14)18(24)21-12-5-7-16(26-3)20-9-12/h4-9H,1-3H3,(H,21,24). The van der Waals surface area contributed by atoms with Gasteiger partial charge in [0.2, 0.25) is 0 Å². The van der Waals surface area contributed by atoms with Gasteiger partial charge in [0.25, 0.3) is 11.6 Å². The number of carbonyl (C=O) groups excluding carboxylic acids is 1. The van der Waals surface area contributed by atoms with E-state index in [0.29, 0.717) is 33.7 Å². The molecule has 0 saturated heterocycles. The van der Waals surface area contributed by atoms with Crippen molar-refractivity contribution in [2.75, 3.05) is 11.6 Å². The molecule has 8 heteroatoms. The van der Waals surface area contributed by atoms with Gasteiger partial charge in [0.15, 0.2) is 0 Å². The monoisotopic (exact) mass is 396 g/mol. The summed E-state index contributed by atoms with van der Waals surface area (Å²) >= 11 is 3.16. The Morgan fingerprint density at radius 1 is 1.22 bits per heavy atom. The third kappa shape index (κ3) is 3.45. The molecule has 0 spiro atoms. The first-order chi connectivity index (χ1) is 13.0. The summed E-state index contributed by atoms with van der Waals surface area (Å²) in [4.78, 5) is 24.0. The maximum absolute atomic E-state index is 13.0. The molecule has 136 valence electrons. The summed E-state index contributed by atoms with van der Waals surface area (Å²) < 4.78 is 5.34. The second kappa shape index (κ2) is 7.13. The number of thiophene rings is 1. The zero-order chi connectivity index (χ0) is 19.0. The topological polar surface area (TPSA) is 80.9 Å². The molecule has 4 rings (SSSR count). The van der Waals surface area contributed by atoms with Crippen LogP contribution in [0, 0.1) is 13.8 Å². The van der Waals surface area contributed by atoms with Gasteiger partial charge < -0.3 is 9.84 Å². The molecular weight excluding hydrogens is 380 g/mol. The Hall–Kier alpha value is -2.71. The maximum Gasteiger partial charge on any atom is 0.259 e. The van der Waals surface area contributed by atoms with Gasteiger partial charge in [-0.25, -0.2) is 9.97 Å². The average Bonchev–Trinajstić information content (AvgIpc) is 3.27. The summed E-state index contributed by atoms with van der Waals surface area (Å²) in [5.74, 6) is -0.248. The van der Waals surface area contributed by atoms with Crippen molar-refractivity contribution in [1.82, 2.24) is 15.1 Å². The number of hydrogen-bond acceptors (Lipinski definition) is 7. The minimum Gasteiger partial charge on any atom is -0.335 e. The first-order valence-corrected chi connectivity index (χ1v) is 10.2. The highest BCUT2D eigenvalue weighted by Crippen LogP contribution is 2.31. The lowest BCUT2D eigenvalue weighted by Crippen LogP contribution is -2.13. The van der Waals surface area contributed by atoms with Gasteiger partial charge in [0, 0.05) is 4.88 Å². The van der Waals surface area contributed by atoms with Crippen LogP contribution in [0.2, 0.25) is 0 Å². The second-order valence-corrected chi connectivity index (χ2v) is 8.07. The number of amides is 1. The van der Waals surface area contributed by atoms with E-state index >= 15 is 0 Å². The van der Waals surface area contributed by atoms with Crippen LogP contribution in [-0.4, -0.2) is 27.3 Å². The van der Waals surface area contributed by atoms with E-state index < -0.39 is 0 Å². The number of thioether (sulfide) groups is 1. The van der Waals surface area contributed by atoms with Gasteiger partial charge in [-0.1, -0.05) is 5.16 Å². The van der Waals surface area contributed by atoms with Crippen LogP contribution < -0.4 is 5.32 Å². The van der Waals surface area contributed by atoms with Gasteiger partial charge in [-0.15, -0.1) is 23.1 Å². The van der Waals surface area contributed by atoms with Crippen LogP contribution in [0.1, 0.15) is 20.9 Å². The highest BCUT2D eigenvalue weighted by molar-refractivity contribution is 7.98. The molecule has 0 aromatic carbocycles. The van der Waals surface area contributed by atoms with E-state index in [1.165, 1.54) is 4.88 Å². The predicted octanol–water partition coefficient (Wildman–Crippen LogP) is 4.94. The number of aryl methyl sites for hydroxylation is 2. The van der Waals surface area contributed by atoms with Crippen LogP contribution in [0.25, 0.3) is 21.7 Å². The zero-order valence-corrected chi connectivity index (χ0v) is 16.6. The highest BCUT2D eigenvalue weighted by atomic mass is 32.2. The molecule has 0 radical (unpaired) electrons. The Balaban J connectivity index is 1.76. The molecule has 0 aliphatic carbocycles. The van der Waals surface area contributed by atoms with Gasteiger partial charge in [-0.2, -0.15) is 0 Å². The molecule has 6 nitrogen and oxygen atoms in total. The number of nitrogens with zero attached hydrogens (tertiary/aromatic N) is 3. The Bertz CT molecular complexity index is 1130. The van der Waals surface area contributed by atoms with E-state index in [4.69, 9.17) is 4.52 Å². The minimum absolute atomic E-state index is 0.248. The second-order valence-electron chi connectivity index (χ2n) is 5.96. The normalized spacial score (nSPS) is 11.1. The Labute approximate surface area is 164 Å². The van der Waals surface area contributed by atoms with Crippen molar-refractivity contribution >= 4 is 45.8 Å². The molecule has 27 heavy (non-hydrogen) atoms. The van der Waals surface area contributed by atoms with Crippen molar-refractivity contribution in [3.05, 3.63) is 52.7 Å². The molecular formula is C19H16N4O2S2. The number of pyridine rings is 2. The smallest absolute Gasteiger partial charge is 0.259 e. The molecule has 0 aliphatic rings. The van der Waals surface area contributed by atoms with Crippen LogP contribution in [0.5, 0.6) is 0 Å². The quantitative estimate of drug-likeness (QED) is 0.492. The third-order valence-electron chi connectivity index (χ3n) is 4.06. The summed E-state index contributed by atoms with van der Waals surface area (Å²) in [5.41, 5.74) is 2.79. The predicted molar refractivity (Wildman–Crippen MR) is 109 cm³/mol. The van der Waals surface area contributed by atoms with Crippen LogP contribution in [-0.2, 0) is 0 Å². The molecule has 4 aromatic heterocycles. The number of rotatable bonds is 4. The minimum atomic E-state index is -0.248. The van der Waals surface area contributed by atoms with Gasteiger partial charge in [0.05, 0.1) is 44.1 Å². The Morgan fingerprint density at radius 2 is 2.07 bits per heavy atom. The van der Waals surface area contributed by atoms with Crippen molar-refractivity contribution < 1.29 is 9.32 Å². The average molecular weight is 396 g/mol. The van der Waals surface area contributed by atoms with Gasteiger partial charge in [-0.05, 0) is 50.4 Å². The molecule has 4 aromatic rings. The fraction of sp³-hybridized carbons (Fsp3) is 0.158. The third-order valence-corrected chi connectivity index (χ3v) is 5.74. The van der Waals surface area contributed by atoms with E-state index in [1.54, 1.807) is 42.3 Å². The van der Waals surface area contributed by atoms with Crippen LogP contribution >= 0.6 is 23.1 Å². The summed E-state index contributed by atoms with van der Waals surface area (Å²) in [6, 6.07) is 9.50. The lowest BCUT2D eigenvalue weighted by atomic mass is 10.1. The lowest BCUT2D eigenvalue weighted by Gasteiger charge is -2.08. The van der Waals surface area contributed by atoms with Crippen molar-refractivity contribution in [3.63, 3.8) is 0 Å². The first-order valence-electron chi connectivity index (χ1n) is 8.20. The largest absolute Gasteiger partial charge is 0.335 e. The number of anilines is 1. The van der Waals surface area contributed by atoms with Crippen molar-refractivity contribution in [2.24, 2.45) is 0 Å². The number of nitrogens with one attached hydrogen (secondary N) is 1. The van der Waals surface area contributed by atoms with E-state index in [2.05, 4.69) is 20.4 Å². The van der Waals surface area contributed by atoms with Crippen molar-refractivity contribution in [3.8, 4) is 10.6 Å². The molecule has 0 aliphatic heterocycles. The Morgan fingerprint density at radius 3 is 2.74 bits per heavy atom. The van der Waals surface area contributed by atoms with Crippen molar-refractivity contribution in [1.29, 1.82) is 0 Å². The highest BCUT2D eigenvalue weighted by Gasteiger charge is 2.20. The molecule has 1 N–H and O–H groups in total. The van der Waals surface area contributed by atoms with Gasteiger partial charge in [0.1, 0.15) is 0 Å². The van der Waals surface area contributed by atoms with Crippen LogP contribution in [0.4, 0.5) is 5.69 Å². The van der Waals surface area contributed by atoms with Crippen LogP contribution in [0.15, 0.2) is 46.1 Å². The fourth-order valence-electron chi connectivity index (χ4n) is 2.75. The molecule has 4 heterocycles. The van der Waals surface area contributed by atoms with Gasteiger partial charge >= 0.3 is 0 Å². The molecule has 0 bridgehead atoms. The number of carbonyl (C=O) groups is 1. The molecule has 0 saturated carbocycles. The van der Waals surface area contributed by atoms with E-state index in [1.807, 2.05) is 37.4 Å². The van der Waals surface area contributed by atoms with E-state index in [-0.39, 0.29) is 5.91 Å². The Kier molecular flexibility index (Phi) is 4.67. The van der Waals surface area contributed by atoms with Crippen LogP contribution in [0.3, 0.4) is 0 Å².